The van der Waals surface area contributed by atoms with E-state index in [9.17, 15) is 9.90 Å². The van der Waals surface area contributed by atoms with E-state index in [1.165, 1.54) is 23.9 Å². The van der Waals surface area contributed by atoms with Crippen molar-refractivity contribution in [3.63, 3.8) is 0 Å². The minimum atomic E-state index is -0.153. The summed E-state index contributed by atoms with van der Waals surface area (Å²) in [5, 5.41) is 21.2. The number of aromatic hydroxyl groups is 1. The molecule has 3 rings (SSSR count). The molecular formula is C21H24N4O3S. The number of phenols is 1. The molecule has 0 atom stereocenters. The number of ether oxygens (including phenoxy) is 1. The van der Waals surface area contributed by atoms with E-state index in [4.69, 9.17) is 4.74 Å². The third-order valence-electron chi connectivity index (χ3n) is 4.29. The summed E-state index contributed by atoms with van der Waals surface area (Å²) < 4.78 is 7.89. The van der Waals surface area contributed by atoms with Gasteiger partial charge >= 0.3 is 0 Å². The SMILES string of the molecule is CCn1c(COc2cc(C)ccc2C)nnc1SCC(=O)Nc1ccc(O)cc1. The molecule has 0 aliphatic carbocycles. The van der Waals surface area contributed by atoms with Crippen LogP contribution in [-0.4, -0.2) is 31.5 Å². The molecule has 0 radical (unpaired) electrons. The lowest BCUT2D eigenvalue weighted by Crippen LogP contribution is -2.14. The number of thioether (sulfide) groups is 1. The number of carbonyl (C=O) groups is 1. The normalized spacial score (nSPS) is 10.7. The topological polar surface area (TPSA) is 89.3 Å². The highest BCUT2D eigenvalue weighted by molar-refractivity contribution is 7.99. The van der Waals surface area contributed by atoms with E-state index in [2.05, 4.69) is 21.6 Å². The van der Waals surface area contributed by atoms with Crippen LogP contribution in [-0.2, 0) is 17.9 Å². The zero-order chi connectivity index (χ0) is 20.8. The van der Waals surface area contributed by atoms with E-state index in [1.807, 2.05) is 37.5 Å². The Labute approximate surface area is 174 Å². The van der Waals surface area contributed by atoms with Gasteiger partial charge in [-0.2, -0.15) is 0 Å². The fourth-order valence-corrected chi connectivity index (χ4v) is 3.55. The number of anilines is 1. The molecule has 8 heteroatoms. The molecule has 7 nitrogen and oxygen atoms in total. The van der Waals surface area contributed by atoms with Crippen molar-refractivity contribution in [3.8, 4) is 11.5 Å². The average molecular weight is 413 g/mol. The number of hydrogen-bond donors (Lipinski definition) is 2. The largest absolute Gasteiger partial charge is 0.508 e. The van der Waals surface area contributed by atoms with Gasteiger partial charge in [-0.1, -0.05) is 23.9 Å². The first-order valence-corrected chi connectivity index (χ1v) is 10.3. The monoisotopic (exact) mass is 412 g/mol. The molecule has 0 fully saturated rings. The molecule has 1 amide bonds. The van der Waals surface area contributed by atoms with Crippen LogP contribution in [0.4, 0.5) is 5.69 Å². The number of nitrogens with zero attached hydrogens (tertiary/aromatic N) is 3. The van der Waals surface area contributed by atoms with Gasteiger partial charge in [0, 0.05) is 12.2 Å². The molecule has 0 aliphatic rings. The zero-order valence-electron chi connectivity index (χ0n) is 16.7. The van der Waals surface area contributed by atoms with Crippen LogP contribution in [0.2, 0.25) is 0 Å². The van der Waals surface area contributed by atoms with Crippen LogP contribution < -0.4 is 10.1 Å². The number of amides is 1. The molecule has 0 saturated carbocycles. The maximum atomic E-state index is 12.2. The number of nitrogens with one attached hydrogen (secondary N) is 1. The Hall–Kier alpha value is -3.00. The Morgan fingerprint density at radius 3 is 2.66 bits per heavy atom. The summed E-state index contributed by atoms with van der Waals surface area (Å²) in [6.45, 7) is 7.03. The van der Waals surface area contributed by atoms with E-state index in [-0.39, 0.29) is 17.4 Å². The van der Waals surface area contributed by atoms with Crippen LogP contribution in [0.5, 0.6) is 11.5 Å². The van der Waals surface area contributed by atoms with Crippen LogP contribution >= 0.6 is 11.8 Å². The van der Waals surface area contributed by atoms with Gasteiger partial charge in [0.2, 0.25) is 5.91 Å². The van der Waals surface area contributed by atoms with Gasteiger partial charge in [-0.15, -0.1) is 10.2 Å². The molecule has 3 aromatic rings. The van der Waals surface area contributed by atoms with Crippen molar-refractivity contribution < 1.29 is 14.6 Å². The molecule has 0 spiro atoms. The van der Waals surface area contributed by atoms with Crippen molar-refractivity contribution in [1.29, 1.82) is 0 Å². The average Bonchev–Trinajstić information content (AvgIpc) is 3.10. The second kappa shape index (κ2) is 9.47. The Morgan fingerprint density at radius 1 is 1.17 bits per heavy atom. The van der Waals surface area contributed by atoms with Crippen molar-refractivity contribution in [3.05, 3.63) is 59.4 Å². The summed E-state index contributed by atoms with van der Waals surface area (Å²) >= 11 is 1.32. The Bertz CT molecular complexity index is 986. The van der Waals surface area contributed by atoms with Gasteiger partial charge in [0.1, 0.15) is 18.1 Å². The summed E-state index contributed by atoms with van der Waals surface area (Å²) in [6.07, 6.45) is 0. The quantitative estimate of drug-likeness (QED) is 0.430. The van der Waals surface area contributed by atoms with E-state index >= 15 is 0 Å². The van der Waals surface area contributed by atoms with Crippen molar-refractivity contribution in [1.82, 2.24) is 14.8 Å². The second-order valence-corrected chi connectivity index (χ2v) is 7.53. The molecule has 152 valence electrons. The van der Waals surface area contributed by atoms with Gasteiger partial charge in [-0.3, -0.25) is 4.79 Å². The highest BCUT2D eigenvalue weighted by atomic mass is 32.2. The Morgan fingerprint density at radius 2 is 1.93 bits per heavy atom. The maximum Gasteiger partial charge on any atom is 0.234 e. The number of hydrogen-bond acceptors (Lipinski definition) is 6. The molecule has 0 bridgehead atoms. The summed E-state index contributed by atoms with van der Waals surface area (Å²) in [7, 11) is 0. The molecule has 1 aromatic heterocycles. The molecular weight excluding hydrogens is 388 g/mol. The minimum absolute atomic E-state index is 0.153. The van der Waals surface area contributed by atoms with Crippen LogP contribution in [0.3, 0.4) is 0 Å². The molecule has 0 unspecified atom stereocenters. The minimum Gasteiger partial charge on any atom is -0.508 e. The number of rotatable bonds is 8. The summed E-state index contributed by atoms with van der Waals surface area (Å²) in [5.74, 6) is 1.76. The van der Waals surface area contributed by atoms with Crippen LogP contribution in [0.15, 0.2) is 47.6 Å². The smallest absolute Gasteiger partial charge is 0.234 e. The summed E-state index contributed by atoms with van der Waals surface area (Å²) in [6, 6.07) is 12.4. The fourth-order valence-electron chi connectivity index (χ4n) is 2.73. The van der Waals surface area contributed by atoms with Crippen molar-refractivity contribution in [2.75, 3.05) is 11.1 Å². The predicted molar refractivity (Wildman–Crippen MR) is 113 cm³/mol. The van der Waals surface area contributed by atoms with E-state index in [0.29, 0.717) is 24.0 Å². The molecule has 2 N–H and O–H groups in total. The Kier molecular flexibility index (Phi) is 6.77. The van der Waals surface area contributed by atoms with Crippen LogP contribution in [0, 0.1) is 13.8 Å². The van der Waals surface area contributed by atoms with E-state index in [1.54, 1.807) is 12.1 Å². The number of phenolic OH excluding ortho intramolecular Hbond substituents is 1. The van der Waals surface area contributed by atoms with Gasteiger partial charge in [0.25, 0.3) is 0 Å². The lowest BCUT2D eigenvalue weighted by Gasteiger charge is -2.11. The van der Waals surface area contributed by atoms with Gasteiger partial charge in [0.15, 0.2) is 11.0 Å². The molecule has 0 saturated heterocycles. The van der Waals surface area contributed by atoms with Gasteiger partial charge in [-0.05, 0) is 62.2 Å². The maximum absolute atomic E-state index is 12.2. The van der Waals surface area contributed by atoms with Gasteiger partial charge in [0.05, 0.1) is 5.75 Å². The summed E-state index contributed by atoms with van der Waals surface area (Å²) in [4.78, 5) is 12.2. The highest BCUT2D eigenvalue weighted by Gasteiger charge is 2.14. The lowest BCUT2D eigenvalue weighted by molar-refractivity contribution is -0.113. The fraction of sp³-hybridized carbons (Fsp3) is 0.286. The van der Waals surface area contributed by atoms with Crippen LogP contribution in [0.25, 0.3) is 0 Å². The number of benzene rings is 2. The first-order valence-electron chi connectivity index (χ1n) is 9.30. The zero-order valence-corrected chi connectivity index (χ0v) is 17.5. The number of carbonyl (C=O) groups excluding carboxylic acids is 1. The van der Waals surface area contributed by atoms with Gasteiger partial charge in [-0.25, -0.2) is 0 Å². The van der Waals surface area contributed by atoms with Gasteiger partial charge < -0.3 is 19.7 Å². The first-order chi connectivity index (χ1) is 14.0. The van der Waals surface area contributed by atoms with Crippen molar-refractivity contribution in [2.45, 2.75) is 39.1 Å². The molecule has 29 heavy (non-hydrogen) atoms. The number of aromatic nitrogens is 3. The molecule has 1 heterocycles. The third-order valence-corrected chi connectivity index (χ3v) is 5.26. The highest BCUT2D eigenvalue weighted by Crippen LogP contribution is 2.22. The van der Waals surface area contributed by atoms with Crippen LogP contribution in [0.1, 0.15) is 23.9 Å². The Balaban J connectivity index is 1.59. The lowest BCUT2D eigenvalue weighted by atomic mass is 10.1. The van der Waals surface area contributed by atoms with Crippen molar-refractivity contribution >= 4 is 23.4 Å². The van der Waals surface area contributed by atoms with E-state index in [0.717, 1.165) is 22.7 Å². The third kappa shape index (κ3) is 5.51. The molecule has 2 aromatic carbocycles. The first kappa shape index (κ1) is 20.7. The van der Waals surface area contributed by atoms with Crippen molar-refractivity contribution in [2.24, 2.45) is 0 Å². The number of aryl methyl sites for hydroxylation is 2. The predicted octanol–water partition coefficient (Wildman–Crippen LogP) is 3.93. The molecule has 0 aliphatic heterocycles. The van der Waals surface area contributed by atoms with E-state index < -0.39 is 0 Å². The standard InChI is InChI=1S/C21H24N4O3S/c1-4-25-19(12-28-18-11-14(2)5-6-15(18)3)23-24-21(25)29-13-20(27)22-16-7-9-17(26)10-8-16/h5-11,26H,4,12-13H2,1-3H3,(H,22,27). The second-order valence-electron chi connectivity index (χ2n) is 6.58. The summed E-state index contributed by atoms with van der Waals surface area (Å²) in [5.41, 5.74) is 2.84.